The molecule has 0 heterocycles. The molecule has 1 atom stereocenters. The van der Waals surface area contributed by atoms with Gasteiger partial charge in [0.15, 0.2) is 11.9 Å². The fourth-order valence-electron chi connectivity index (χ4n) is 1.99. The summed E-state index contributed by atoms with van der Waals surface area (Å²) in [7, 11) is 0. The Labute approximate surface area is 152 Å². The van der Waals surface area contributed by atoms with Crippen LogP contribution in [-0.4, -0.2) is 23.8 Å². The second kappa shape index (κ2) is 8.02. The lowest BCUT2D eigenvalue weighted by molar-refractivity contribution is -0.123. The molecule has 0 saturated heterocycles. The van der Waals surface area contributed by atoms with Gasteiger partial charge in [-0.25, -0.2) is 9.18 Å². The lowest BCUT2D eigenvalue weighted by Crippen LogP contribution is -2.30. The lowest BCUT2D eigenvalue weighted by atomic mass is 10.1. The predicted octanol–water partition coefficient (Wildman–Crippen LogP) is 3.97. The molecule has 0 aliphatic carbocycles. The van der Waals surface area contributed by atoms with Gasteiger partial charge in [0.2, 0.25) is 0 Å². The van der Waals surface area contributed by atoms with Crippen molar-refractivity contribution >= 4 is 39.3 Å². The number of hydrogen-bond acceptors (Lipinski definition) is 4. The van der Waals surface area contributed by atoms with E-state index < -0.39 is 23.8 Å². The summed E-state index contributed by atoms with van der Waals surface area (Å²) in [5.74, 6) is -1.93. The average molecular weight is 408 g/mol. The maximum Gasteiger partial charge on any atom is 0.340 e. The van der Waals surface area contributed by atoms with E-state index in [9.17, 15) is 18.8 Å². The largest absolute Gasteiger partial charge is 0.449 e. The zero-order valence-corrected chi connectivity index (χ0v) is 15.1. The standard InChI is InChI=1S/C18H15BrFNO4/c1-10(22)12-4-3-5-14(8-12)21-17(23)11(2)25-18(24)15-7-6-13(20)9-16(15)19/h3-9,11H,1-2H3,(H,21,23)/t11-/m0/s1. The molecule has 2 rings (SSSR count). The Bertz CT molecular complexity index is 838. The molecule has 1 N–H and O–H groups in total. The molecule has 25 heavy (non-hydrogen) atoms. The first-order chi connectivity index (χ1) is 11.8. The van der Waals surface area contributed by atoms with Gasteiger partial charge in [0, 0.05) is 15.7 Å². The first-order valence-corrected chi connectivity index (χ1v) is 8.15. The minimum Gasteiger partial charge on any atom is -0.449 e. The summed E-state index contributed by atoms with van der Waals surface area (Å²) in [5, 5.41) is 2.58. The van der Waals surface area contributed by atoms with Crippen LogP contribution in [0.25, 0.3) is 0 Å². The SMILES string of the molecule is CC(=O)c1cccc(NC(=O)[C@H](C)OC(=O)c2ccc(F)cc2Br)c1. The van der Waals surface area contributed by atoms with E-state index in [0.29, 0.717) is 11.3 Å². The fourth-order valence-corrected chi connectivity index (χ4v) is 2.51. The summed E-state index contributed by atoms with van der Waals surface area (Å²) >= 11 is 3.08. The quantitative estimate of drug-likeness (QED) is 0.600. The number of halogens is 2. The van der Waals surface area contributed by atoms with E-state index >= 15 is 0 Å². The van der Waals surface area contributed by atoms with Crippen molar-refractivity contribution in [2.75, 3.05) is 5.32 Å². The Kier molecular flexibility index (Phi) is 6.03. The van der Waals surface area contributed by atoms with E-state index in [4.69, 9.17) is 4.74 Å². The fraction of sp³-hybridized carbons (Fsp3) is 0.167. The Morgan fingerprint density at radius 3 is 2.52 bits per heavy atom. The number of nitrogens with one attached hydrogen (secondary N) is 1. The molecule has 0 unspecified atom stereocenters. The Morgan fingerprint density at radius 1 is 1.16 bits per heavy atom. The monoisotopic (exact) mass is 407 g/mol. The third-order valence-corrected chi connectivity index (χ3v) is 4.00. The topological polar surface area (TPSA) is 72.5 Å². The van der Waals surface area contributed by atoms with Crippen LogP contribution < -0.4 is 5.32 Å². The van der Waals surface area contributed by atoms with Crippen LogP contribution in [0.4, 0.5) is 10.1 Å². The first-order valence-electron chi connectivity index (χ1n) is 7.36. The van der Waals surface area contributed by atoms with E-state index in [1.165, 1.54) is 26.0 Å². The van der Waals surface area contributed by atoms with Gasteiger partial charge in [-0.05, 0) is 60.1 Å². The highest BCUT2D eigenvalue weighted by atomic mass is 79.9. The van der Waals surface area contributed by atoms with Gasteiger partial charge < -0.3 is 10.1 Å². The second-order valence-electron chi connectivity index (χ2n) is 5.30. The molecule has 0 saturated carbocycles. The molecule has 0 aliphatic heterocycles. The van der Waals surface area contributed by atoms with Crippen molar-refractivity contribution in [3.8, 4) is 0 Å². The lowest BCUT2D eigenvalue weighted by Gasteiger charge is -2.14. The Hall–Kier alpha value is -2.54. The number of Topliss-reactive ketones (excluding diaryl/α,β-unsaturated/α-hetero) is 1. The number of rotatable bonds is 5. The smallest absolute Gasteiger partial charge is 0.340 e. The molecule has 0 spiro atoms. The molecule has 0 radical (unpaired) electrons. The van der Waals surface area contributed by atoms with Crippen molar-refractivity contribution in [3.63, 3.8) is 0 Å². The third-order valence-electron chi connectivity index (χ3n) is 3.34. The molecule has 0 aromatic heterocycles. The maximum atomic E-state index is 13.1. The molecule has 0 aliphatic rings. The summed E-state index contributed by atoms with van der Waals surface area (Å²) in [6, 6.07) is 9.95. The summed E-state index contributed by atoms with van der Waals surface area (Å²) in [4.78, 5) is 35.6. The number of ketones is 1. The number of carbonyl (C=O) groups is 3. The zero-order valence-electron chi connectivity index (χ0n) is 13.5. The second-order valence-corrected chi connectivity index (χ2v) is 6.15. The van der Waals surface area contributed by atoms with Crippen molar-refractivity contribution in [1.82, 2.24) is 0 Å². The van der Waals surface area contributed by atoms with Gasteiger partial charge in [-0.15, -0.1) is 0 Å². The Morgan fingerprint density at radius 2 is 1.88 bits per heavy atom. The van der Waals surface area contributed by atoms with Crippen LogP contribution in [0.3, 0.4) is 0 Å². The molecule has 2 aromatic rings. The number of carbonyl (C=O) groups excluding carboxylic acids is 3. The van der Waals surface area contributed by atoms with Crippen molar-refractivity contribution in [2.45, 2.75) is 20.0 Å². The van der Waals surface area contributed by atoms with Crippen molar-refractivity contribution < 1.29 is 23.5 Å². The van der Waals surface area contributed by atoms with E-state index in [1.54, 1.807) is 18.2 Å². The minimum absolute atomic E-state index is 0.111. The molecule has 0 fully saturated rings. The molecular formula is C18H15BrFNO4. The Balaban J connectivity index is 2.03. The van der Waals surface area contributed by atoms with Crippen LogP contribution in [0.5, 0.6) is 0 Å². The van der Waals surface area contributed by atoms with Gasteiger partial charge in [0.1, 0.15) is 5.82 Å². The number of ether oxygens (including phenoxy) is 1. The average Bonchev–Trinajstić information content (AvgIpc) is 2.54. The predicted molar refractivity (Wildman–Crippen MR) is 94.1 cm³/mol. The van der Waals surface area contributed by atoms with E-state index in [1.807, 2.05) is 0 Å². The molecule has 1 amide bonds. The number of amides is 1. The molecule has 2 aromatic carbocycles. The number of benzene rings is 2. The summed E-state index contributed by atoms with van der Waals surface area (Å²) < 4.78 is 18.4. The highest BCUT2D eigenvalue weighted by molar-refractivity contribution is 9.10. The van der Waals surface area contributed by atoms with Crippen LogP contribution in [0.2, 0.25) is 0 Å². The molecule has 0 bridgehead atoms. The first kappa shape index (κ1) is 18.8. The van der Waals surface area contributed by atoms with Gasteiger partial charge in [-0.3, -0.25) is 9.59 Å². The van der Waals surface area contributed by atoms with Gasteiger partial charge in [0.25, 0.3) is 5.91 Å². The van der Waals surface area contributed by atoms with Gasteiger partial charge in [0.05, 0.1) is 5.56 Å². The van der Waals surface area contributed by atoms with E-state index in [2.05, 4.69) is 21.2 Å². The van der Waals surface area contributed by atoms with Gasteiger partial charge in [-0.1, -0.05) is 12.1 Å². The van der Waals surface area contributed by atoms with E-state index in [-0.39, 0.29) is 15.8 Å². The molecular weight excluding hydrogens is 393 g/mol. The van der Waals surface area contributed by atoms with Crippen LogP contribution in [0.1, 0.15) is 34.6 Å². The van der Waals surface area contributed by atoms with Crippen LogP contribution in [-0.2, 0) is 9.53 Å². The molecule has 130 valence electrons. The summed E-state index contributed by atoms with van der Waals surface area (Å²) in [5.41, 5.74) is 0.987. The van der Waals surface area contributed by atoms with Crippen molar-refractivity contribution in [1.29, 1.82) is 0 Å². The summed E-state index contributed by atoms with van der Waals surface area (Å²) in [6.45, 7) is 2.84. The van der Waals surface area contributed by atoms with Gasteiger partial charge in [-0.2, -0.15) is 0 Å². The minimum atomic E-state index is -1.08. The number of anilines is 1. The number of hydrogen-bond donors (Lipinski definition) is 1. The van der Waals surface area contributed by atoms with Crippen LogP contribution in [0, 0.1) is 5.82 Å². The highest BCUT2D eigenvalue weighted by Gasteiger charge is 2.21. The van der Waals surface area contributed by atoms with E-state index in [0.717, 1.165) is 12.1 Å². The van der Waals surface area contributed by atoms with Gasteiger partial charge >= 0.3 is 5.97 Å². The van der Waals surface area contributed by atoms with Crippen LogP contribution >= 0.6 is 15.9 Å². The number of esters is 1. The molecule has 7 heteroatoms. The van der Waals surface area contributed by atoms with Crippen molar-refractivity contribution in [2.24, 2.45) is 0 Å². The van der Waals surface area contributed by atoms with Crippen molar-refractivity contribution in [3.05, 3.63) is 63.9 Å². The highest BCUT2D eigenvalue weighted by Crippen LogP contribution is 2.20. The zero-order chi connectivity index (χ0) is 18.6. The normalized spacial score (nSPS) is 11.5. The molecule has 5 nitrogen and oxygen atoms in total. The summed E-state index contributed by atoms with van der Waals surface area (Å²) in [6.07, 6.45) is -1.08. The maximum absolute atomic E-state index is 13.1. The third kappa shape index (κ3) is 4.96. The van der Waals surface area contributed by atoms with Crippen LogP contribution in [0.15, 0.2) is 46.9 Å².